The Hall–Kier alpha value is -2.48. The van der Waals surface area contributed by atoms with Crippen LogP contribution in [0.4, 0.5) is 0 Å². The number of nitrogens with zero attached hydrogens (tertiary/aromatic N) is 3. The molecular formula is C24H26ClN3O3S. The fourth-order valence-electron chi connectivity index (χ4n) is 3.99. The normalized spacial score (nSPS) is 15.6. The molecule has 0 spiro atoms. The lowest BCUT2D eigenvalue weighted by Crippen LogP contribution is -2.51. The smallest absolute Gasteiger partial charge is 0.328 e. The lowest BCUT2D eigenvalue weighted by molar-refractivity contribution is -0.151. The van der Waals surface area contributed by atoms with E-state index in [0.29, 0.717) is 50.7 Å². The zero-order valence-electron chi connectivity index (χ0n) is 18.0. The van der Waals surface area contributed by atoms with Crippen LogP contribution in [0, 0.1) is 0 Å². The topological polar surface area (TPSA) is 62.7 Å². The number of para-hydroxylation sites is 1. The summed E-state index contributed by atoms with van der Waals surface area (Å²) in [6.45, 7) is 4.52. The quantitative estimate of drug-likeness (QED) is 0.480. The monoisotopic (exact) mass is 471 g/mol. The molecular weight excluding hydrogens is 446 g/mol. The number of benzene rings is 2. The molecule has 2 aromatic carbocycles. The fraction of sp³-hybridized carbons (Fsp3) is 0.375. The largest absolute Gasteiger partial charge is 0.465 e. The molecule has 0 bridgehead atoms. The van der Waals surface area contributed by atoms with Crippen molar-refractivity contribution < 1.29 is 14.3 Å². The van der Waals surface area contributed by atoms with Crippen LogP contribution in [0.3, 0.4) is 0 Å². The van der Waals surface area contributed by atoms with E-state index in [1.807, 2.05) is 35.2 Å². The summed E-state index contributed by atoms with van der Waals surface area (Å²) in [6, 6.07) is 14.8. The molecule has 1 fully saturated rings. The van der Waals surface area contributed by atoms with Gasteiger partial charge in [-0.1, -0.05) is 35.9 Å². The van der Waals surface area contributed by atoms with E-state index >= 15 is 0 Å². The molecule has 2 heterocycles. The maximum Gasteiger partial charge on any atom is 0.328 e. The molecule has 32 heavy (non-hydrogen) atoms. The first-order valence-electron chi connectivity index (χ1n) is 10.8. The van der Waals surface area contributed by atoms with E-state index in [4.69, 9.17) is 16.3 Å². The summed E-state index contributed by atoms with van der Waals surface area (Å²) in [5, 5.41) is 1.61. The number of carbonyl (C=O) groups excluding carboxylic acids is 2. The van der Waals surface area contributed by atoms with Gasteiger partial charge >= 0.3 is 5.97 Å². The third kappa shape index (κ3) is 5.28. The number of thiazole rings is 1. The second-order valence-corrected chi connectivity index (χ2v) is 9.25. The van der Waals surface area contributed by atoms with Crippen molar-refractivity contribution in [3.8, 4) is 0 Å². The molecule has 1 aliphatic rings. The van der Waals surface area contributed by atoms with Gasteiger partial charge in [0.05, 0.1) is 21.8 Å². The van der Waals surface area contributed by atoms with Gasteiger partial charge in [0.15, 0.2) is 0 Å². The predicted octanol–water partition coefficient (Wildman–Crippen LogP) is 4.33. The molecule has 0 aliphatic carbocycles. The number of aromatic nitrogens is 1. The summed E-state index contributed by atoms with van der Waals surface area (Å²) in [6.07, 6.45) is 1.09. The Morgan fingerprint density at radius 3 is 2.50 bits per heavy atom. The van der Waals surface area contributed by atoms with Gasteiger partial charge in [-0.25, -0.2) is 9.78 Å². The highest BCUT2D eigenvalue weighted by molar-refractivity contribution is 7.18. The average molecular weight is 472 g/mol. The number of fused-ring (bicyclic) bond motifs is 1. The van der Waals surface area contributed by atoms with E-state index in [0.717, 1.165) is 20.8 Å². The number of aryl methyl sites for hydroxylation is 1. The van der Waals surface area contributed by atoms with E-state index in [1.165, 1.54) is 0 Å². The van der Waals surface area contributed by atoms with Gasteiger partial charge in [0.1, 0.15) is 6.04 Å². The summed E-state index contributed by atoms with van der Waals surface area (Å²) in [5.74, 6) is -0.145. The molecule has 0 unspecified atom stereocenters. The van der Waals surface area contributed by atoms with E-state index < -0.39 is 6.04 Å². The highest BCUT2D eigenvalue weighted by Crippen LogP contribution is 2.26. The Kier molecular flexibility index (Phi) is 7.40. The van der Waals surface area contributed by atoms with Crippen LogP contribution in [-0.4, -0.2) is 59.4 Å². The molecule has 0 radical (unpaired) electrons. The standard InChI is InChI=1S/C24H26ClN3O3S/c1-2-31-24(30)23(17-7-9-18(25)10-8-17)28-15-13-27(14-16-28)22(29)12-11-21-26-19-5-3-4-6-20(19)32-21/h3-10,23H,2,11-16H2,1H3/t23-/m1/s1. The third-order valence-electron chi connectivity index (χ3n) is 5.62. The maximum atomic E-state index is 12.8. The lowest BCUT2D eigenvalue weighted by atomic mass is 10.0. The van der Waals surface area contributed by atoms with Crippen molar-refractivity contribution in [2.45, 2.75) is 25.8 Å². The molecule has 6 nitrogen and oxygen atoms in total. The number of carbonyl (C=O) groups is 2. The Balaban J connectivity index is 1.35. The first-order valence-corrected chi connectivity index (χ1v) is 12.0. The molecule has 0 N–H and O–H groups in total. The van der Waals surface area contributed by atoms with Crippen molar-refractivity contribution in [1.29, 1.82) is 0 Å². The second-order valence-electron chi connectivity index (χ2n) is 7.70. The first kappa shape index (κ1) is 22.7. The van der Waals surface area contributed by atoms with E-state index in [9.17, 15) is 9.59 Å². The number of hydrogen-bond acceptors (Lipinski definition) is 6. The van der Waals surface area contributed by atoms with Gasteiger partial charge < -0.3 is 9.64 Å². The van der Waals surface area contributed by atoms with Crippen LogP contribution in [-0.2, 0) is 20.7 Å². The molecule has 1 aromatic heterocycles. The molecule has 8 heteroatoms. The van der Waals surface area contributed by atoms with Gasteiger partial charge in [-0.2, -0.15) is 0 Å². The summed E-state index contributed by atoms with van der Waals surface area (Å²) in [4.78, 5) is 34.1. The van der Waals surface area contributed by atoms with Crippen molar-refractivity contribution in [3.63, 3.8) is 0 Å². The van der Waals surface area contributed by atoms with Gasteiger partial charge in [-0.3, -0.25) is 9.69 Å². The number of halogens is 1. The Morgan fingerprint density at radius 2 is 1.81 bits per heavy atom. The van der Waals surface area contributed by atoms with E-state index in [2.05, 4.69) is 16.0 Å². The van der Waals surface area contributed by atoms with Crippen LogP contribution in [0.15, 0.2) is 48.5 Å². The number of hydrogen-bond donors (Lipinski definition) is 0. The minimum Gasteiger partial charge on any atom is -0.465 e. The zero-order valence-corrected chi connectivity index (χ0v) is 19.6. The van der Waals surface area contributed by atoms with Crippen molar-refractivity contribution in [1.82, 2.24) is 14.8 Å². The van der Waals surface area contributed by atoms with Crippen LogP contribution in [0.1, 0.15) is 30.0 Å². The third-order valence-corrected chi connectivity index (χ3v) is 6.97. The van der Waals surface area contributed by atoms with Crippen LogP contribution in [0.25, 0.3) is 10.2 Å². The van der Waals surface area contributed by atoms with Crippen LogP contribution in [0.2, 0.25) is 5.02 Å². The molecule has 1 amide bonds. The van der Waals surface area contributed by atoms with Gasteiger partial charge in [0, 0.05) is 44.0 Å². The number of rotatable bonds is 7. The highest BCUT2D eigenvalue weighted by atomic mass is 35.5. The molecule has 168 valence electrons. The van der Waals surface area contributed by atoms with E-state index in [-0.39, 0.29) is 11.9 Å². The minimum atomic E-state index is -0.493. The molecule has 1 atom stereocenters. The van der Waals surface area contributed by atoms with Crippen molar-refractivity contribution >= 4 is 45.0 Å². The van der Waals surface area contributed by atoms with Gasteiger partial charge in [0.2, 0.25) is 5.91 Å². The summed E-state index contributed by atoms with van der Waals surface area (Å²) in [5.41, 5.74) is 1.84. The second kappa shape index (κ2) is 10.4. The average Bonchev–Trinajstić information content (AvgIpc) is 3.23. The van der Waals surface area contributed by atoms with Crippen molar-refractivity contribution in [2.24, 2.45) is 0 Å². The number of esters is 1. The Labute approximate surface area is 196 Å². The number of ether oxygens (including phenoxy) is 1. The summed E-state index contributed by atoms with van der Waals surface area (Å²) < 4.78 is 6.48. The van der Waals surface area contributed by atoms with Gasteiger partial charge in [-0.15, -0.1) is 11.3 Å². The van der Waals surface area contributed by atoms with Crippen molar-refractivity contribution in [2.75, 3.05) is 32.8 Å². The summed E-state index contributed by atoms with van der Waals surface area (Å²) in [7, 11) is 0. The molecule has 1 aliphatic heterocycles. The van der Waals surface area contributed by atoms with Crippen molar-refractivity contribution in [3.05, 3.63) is 64.1 Å². The molecule has 0 saturated carbocycles. The Morgan fingerprint density at radius 1 is 1.09 bits per heavy atom. The first-order chi connectivity index (χ1) is 15.5. The zero-order chi connectivity index (χ0) is 22.5. The molecule has 1 saturated heterocycles. The summed E-state index contributed by atoms with van der Waals surface area (Å²) >= 11 is 7.66. The van der Waals surface area contributed by atoms with Crippen LogP contribution < -0.4 is 0 Å². The molecule has 4 rings (SSSR count). The maximum absolute atomic E-state index is 12.8. The number of amides is 1. The Bertz CT molecular complexity index is 1040. The predicted molar refractivity (Wildman–Crippen MR) is 127 cm³/mol. The SMILES string of the molecule is CCOC(=O)[C@@H](c1ccc(Cl)cc1)N1CCN(C(=O)CCc2nc3ccccc3s2)CC1. The fourth-order valence-corrected chi connectivity index (χ4v) is 5.08. The van der Waals surface area contributed by atoms with Crippen LogP contribution >= 0.6 is 22.9 Å². The van der Waals surface area contributed by atoms with Gasteiger partial charge in [-0.05, 0) is 36.8 Å². The van der Waals surface area contributed by atoms with Gasteiger partial charge in [0.25, 0.3) is 0 Å². The van der Waals surface area contributed by atoms with E-state index in [1.54, 1.807) is 30.4 Å². The highest BCUT2D eigenvalue weighted by Gasteiger charge is 2.32. The van der Waals surface area contributed by atoms with Crippen LogP contribution in [0.5, 0.6) is 0 Å². The minimum absolute atomic E-state index is 0.128. The lowest BCUT2D eigenvalue weighted by Gasteiger charge is -2.38. The molecule has 3 aromatic rings. The number of piperazine rings is 1.